The number of rotatable bonds is 5. The highest BCUT2D eigenvalue weighted by Gasteiger charge is 2.15. The molecule has 2 aromatic carbocycles. The molecule has 138 valence electrons. The Balaban J connectivity index is 1.95. The maximum Gasteiger partial charge on any atom is 0.313 e. The van der Waals surface area contributed by atoms with E-state index >= 15 is 0 Å². The van der Waals surface area contributed by atoms with Crippen molar-refractivity contribution in [2.24, 2.45) is 0 Å². The van der Waals surface area contributed by atoms with Crippen molar-refractivity contribution in [3.63, 3.8) is 0 Å². The molecule has 0 heterocycles. The number of hydrogen-bond acceptors (Lipinski definition) is 4. The Labute approximate surface area is 152 Å². The van der Waals surface area contributed by atoms with Crippen molar-refractivity contribution < 1.29 is 18.0 Å². The second-order valence-electron chi connectivity index (χ2n) is 5.80. The molecule has 3 N–H and O–H groups in total. The van der Waals surface area contributed by atoms with E-state index in [1.165, 1.54) is 31.3 Å². The van der Waals surface area contributed by atoms with Gasteiger partial charge in [0, 0.05) is 12.2 Å². The van der Waals surface area contributed by atoms with Crippen LogP contribution in [0.15, 0.2) is 47.4 Å². The highest BCUT2D eigenvalue weighted by Crippen LogP contribution is 2.14. The monoisotopic (exact) mass is 375 g/mol. The van der Waals surface area contributed by atoms with E-state index in [9.17, 15) is 18.0 Å². The first-order valence-electron chi connectivity index (χ1n) is 7.92. The van der Waals surface area contributed by atoms with Crippen LogP contribution in [0.5, 0.6) is 0 Å². The largest absolute Gasteiger partial charge is 0.344 e. The molecule has 2 aromatic rings. The molecule has 2 amide bonds. The summed E-state index contributed by atoms with van der Waals surface area (Å²) < 4.78 is 25.5. The maximum absolute atomic E-state index is 12.0. The molecule has 0 saturated heterocycles. The van der Waals surface area contributed by atoms with Gasteiger partial charge in [-0.05, 0) is 56.3 Å². The Kier molecular flexibility index (Phi) is 6.12. The molecule has 0 aliphatic rings. The summed E-state index contributed by atoms with van der Waals surface area (Å²) in [7, 11) is -2.24. The van der Waals surface area contributed by atoms with Gasteiger partial charge in [0.05, 0.1) is 4.90 Å². The third-order valence-electron chi connectivity index (χ3n) is 3.83. The molecular formula is C18H21N3O4S. The van der Waals surface area contributed by atoms with Crippen LogP contribution >= 0.6 is 0 Å². The van der Waals surface area contributed by atoms with Gasteiger partial charge in [-0.3, -0.25) is 9.59 Å². The van der Waals surface area contributed by atoms with Crippen molar-refractivity contribution in [1.82, 2.24) is 10.0 Å². The lowest BCUT2D eigenvalue weighted by molar-refractivity contribution is -0.136. The normalized spacial score (nSPS) is 11.0. The Hall–Kier alpha value is -2.71. The highest BCUT2D eigenvalue weighted by atomic mass is 32.2. The quantitative estimate of drug-likeness (QED) is 0.688. The zero-order valence-electron chi connectivity index (χ0n) is 14.8. The minimum absolute atomic E-state index is 0.0669. The predicted molar refractivity (Wildman–Crippen MR) is 99.1 cm³/mol. The molecule has 0 spiro atoms. The molecular weight excluding hydrogens is 354 g/mol. The van der Waals surface area contributed by atoms with E-state index in [-0.39, 0.29) is 11.4 Å². The van der Waals surface area contributed by atoms with Crippen LogP contribution in [0, 0.1) is 13.8 Å². The molecule has 2 rings (SSSR count). The standard InChI is InChI=1S/C18H21N3O4S/c1-12-4-5-14(13(2)10-12)11-20-17(22)18(23)21-15-6-8-16(9-7-15)26(24,25)19-3/h4-10,19H,11H2,1-3H3,(H,20,22)(H,21,23). The number of carbonyl (C=O) groups excluding carboxylic acids is 2. The van der Waals surface area contributed by atoms with Gasteiger partial charge in [-0.25, -0.2) is 13.1 Å². The Bertz CT molecular complexity index is 922. The molecule has 0 fully saturated rings. The molecule has 0 bridgehead atoms. The number of aryl methyl sites for hydroxylation is 2. The van der Waals surface area contributed by atoms with Crippen LogP contribution in [0.1, 0.15) is 16.7 Å². The summed E-state index contributed by atoms with van der Waals surface area (Å²) in [5, 5.41) is 5.00. The van der Waals surface area contributed by atoms with Crippen molar-refractivity contribution in [3.05, 3.63) is 59.2 Å². The van der Waals surface area contributed by atoms with Gasteiger partial charge in [0.25, 0.3) is 0 Å². The molecule has 0 atom stereocenters. The highest BCUT2D eigenvalue weighted by molar-refractivity contribution is 7.89. The average molecular weight is 375 g/mol. The van der Waals surface area contributed by atoms with E-state index in [1.807, 2.05) is 32.0 Å². The number of hydrogen-bond donors (Lipinski definition) is 3. The summed E-state index contributed by atoms with van der Waals surface area (Å²) in [5.41, 5.74) is 3.41. The number of nitrogens with one attached hydrogen (secondary N) is 3. The topological polar surface area (TPSA) is 104 Å². The molecule has 7 nitrogen and oxygen atoms in total. The van der Waals surface area contributed by atoms with Crippen LogP contribution in [0.3, 0.4) is 0 Å². The van der Waals surface area contributed by atoms with E-state index in [1.54, 1.807) is 0 Å². The van der Waals surface area contributed by atoms with Gasteiger partial charge >= 0.3 is 11.8 Å². The van der Waals surface area contributed by atoms with E-state index < -0.39 is 21.8 Å². The smallest absolute Gasteiger partial charge is 0.313 e. The maximum atomic E-state index is 12.0. The van der Waals surface area contributed by atoms with Gasteiger partial charge in [0.15, 0.2) is 0 Å². The number of amides is 2. The second kappa shape index (κ2) is 8.11. The van der Waals surface area contributed by atoms with Crippen molar-refractivity contribution in [1.29, 1.82) is 0 Å². The first kappa shape index (κ1) is 19.6. The summed E-state index contributed by atoms with van der Waals surface area (Å²) in [6.45, 7) is 4.17. The molecule has 0 radical (unpaired) electrons. The summed E-state index contributed by atoms with van der Waals surface area (Å²) in [5.74, 6) is -1.59. The molecule has 0 aliphatic heterocycles. The van der Waals surface area contributed by atoms with Gasteiger partial charge in [0.1, 0.15) is 0 Å². The summed E-state index contributed by atoms with van der Waals surface area (Å²) in [6, 6.07) is 11.4. The summed E-state index contributed by atoms with van der Waals surface area (Å²) in [6.07, 6.45) is 0. The zero-order chi connectivity index (χ0) is 19.3. The zero-order valence-corrected chi connectivity index (χ0v) is 15.6. The Morgan fingerprint density at radius 1 is 0.962 bits per heavy atom. The Morgan fingerprint density at radius 3 is 2.19 bits per heavy atom. The van der Waals surface area contributed by atoms with Crippen molar-refractivity contribution in [2.45, 2.75) is 25.3 Å². The molecule has 8 heteroatoms. The van der Waals surface area contributed by atoms with Gasteiger partial charge in [-0.1, -0.05) is 23.8 Å². The van der Waals surface area contributed by atoms with Gasteiger partial charge in [0.2, 0.25) is 10.0 Å². The average Bonchev–Trinajstić information content (AvgIpc) is 2.61. The number of anilines is 1. The van der Waals surface area contributed by atoms with E-state index in [4.69, 9.17) is 0 Å². The van der Waals surface area contributed by atoms with Crippen LogP contribution in [0.2, 0.25) is 0 Å². The fourth-order valence-corrected chi connectivity index (χ4v) is 3.05. The van der Waals surface area contributed by atoms with Crippen LogP contribution in [-0.2, 0) is 26.2 Å². The van der Waals surface area contributed by atoms with E-state index in [0.717, 1.165) is 16.7 Å². The van der Waals surface area contributed by atoms with Crippen LogP contribution in [0.4, 0.5) is 5.69 Å². The van der Waals surface area contributed by atoms with Crippen LogP contribution in [-0.4, -0.2) is 27.3 Å². The van der Waals surface area contributed by atoms with Gasteiger partial charge in [-0.2, -0.15) is 0 Å². The van der Waals surface area contributed by atoms with Crippen molar-refractivity contribution in [2.75, 3.05) is 12.4 Å². The minimum atomic E-state index is -3.55. The molecule has 26 heavy (non-hydrogen) atoms. The number of benzene rings is 2. The first-order chi connectivity index (χ1) is 12.2. The fraction of sp³-hybridized carbons (Fsp3) is 0.222. The first-order valence-corrected chi connectivity index (χ1v) is 9.40. The lowest BCUT2D eigenvalue weighted by Gasteiger charge is -2.09. The predicted octanol–water partition coefficient (Wildman–Crippen LogP) is 1.47. The molecule has 0 aromatic heterocycles. The lowest BCUT2D eigenvalue weighted by Crippen LogP contribution is -2.35. The number of carbonyl (C=O) groups is 2. The van der Waals surface area contributed by atoms with E-state index in [0.29, 0.717) is 5.69 Å². The van der Waals surface area contributed by atoms with Crippen molar-refractivity contribution >= 4 is 27.5 Å². The second-order valence-corrected chi connectivity index (χ2v) is 7.69. The summed E-state index contributed by atoms with van der Waals surface area (Å²) in [4.78, 5) is 24.0. The van der Waals surface area contributed by atoms with E-state index in [2.05, 4.69) is 15.4 Å². The van der Waals surface area contributed by atoms with Crippen molar-refractivity contribution in [3.8, 4) is 0 Å². The summed E-state index contributed by atoms with van der Waals surface area (Å²) >= 11 is 0. The number of sulfonamides is 1. The van der Waals surface area contributed by atoms with Crippen LogP contribution in [0.25, 0.3) is 0 Å². The third kappa shape index (κ3) is 4.90. The Morgan fingerprint density at radius 2 is 1.62 bits per heavy atom. The molecule has 0 unspecified atom stereocenters. The van der Waals surface area contributed by atoms with Gasteiger partial charge < -0.3 is 10.6 Å². The van der Waals surface area contributed by atoms with Gasteiger partial charge in [-0.15, -0.1) is 0 Å². The lowest BCUT2D eigenvalue weighted by atomic mass is 10.1. The third-order valence-corrected chi connectivity index (χ3v) is 5.27. The fourth-order valence-electron chi connectivity index (χ4n) is 2.32. The SMILES string of the molecule is CNS(=O)(=O)c1ccc(NC(=O)C(=O)NCc2ccc(C)cc2C)cc1. The minimum Gasteiger partial charge on any atom is -0.344 e. The molecule has 0 saturated carbocycles. The van der Waals surface area contributed by atoms with Crippen LogP contribution < -0.4 is 15.4 Å². The molecule has 0 aliphatic carbocycles.